The highest BCUT2D eigenvalue weighted by Crippen LogP contribution is 2.38. The number of benzene rings is 2. The smallest absolute Gasteiger partial charge is 0.280 e. The van der Waals surface area contributed by atoms with Crippen molar-refractivity contribution in [3.05, 3.63) is 63.5 Å². The van der Waals surface area contributed by atoms with E-state index >= 15 is 0 Å². The van der Waals surface area contributed by atoms with Crippen molar-refractivity contribution < 1.29 is 23.6 Å². The third kappa shape index (κ3) is 3.44. The Morgan fingerprint density at radius 3 is 2.54 bits per heavy atom. The van der Waals surface area contributed by atoms with Crippen LogP contribution in [0.3, 0.4) is 0 Å². The molecule has 0 aliphatic carbocycles. The van der Waals surface area contributed by atoms with Gasteiger partial charge >= 0.3 is 0 Å². The third-order valence-electron chi connectivity index (χ3n) is 3.49. The van der Waals surface area contributed by atoms with Crippen LogP contribution in [-0.4, -0.2) is 17.6 Å². The topological polar surface area (TPSA) is 114 Å². The lowest BCUT2D eigenvalue weighted by molar-refractivity contribution is -0.385. The Morgan fingerprint density at radius 2 is 1.92 bits per heavy atom. The van der Waals surface area contributed by atoms with E-state index in [1.807, 2.05) is 0 Å². The van der Waals surface area contributed by atoms with Crippen molar-refractivity contribution in [2.45, 2.75) is 0 Å². The summed E-state index contributed by atoms with van der Waals surface area (Å²) in [5, 5.41) is 22.9. The van der Waals surface area contributed by atoms with E-state index in [2.05, 4.69) is 5.32 Å². The first-order chi connectivity index (χ1) is 12.5. The fourth-order valence-corrected chi connectivity index (χ4v) is 2.26. The maximum absolute atomic E-state index is 12.9. The number of nitrogens with one attached hydrogen (secondary N) is 1. The van der Waals surface area contributed by atoms with Crippen molar-refractivity contribution in [1.82, 2.24) is 0 Å². The van der Waals surface area contributed by atoms with Crippen molar-refractivity contribution in [3.8, 4) is 17.6 Å². The van der Waals surface area contributed by atoms with Crippen LogP contribution in [0.4, 0.5) is 15.8 Å². The van der Waals surface area contributed by atoms with Crippen molar-refractivity contribution in [2.24, 2.45) is 0 Å². The predicted octanol–water partition coefficient (Wildman–Crippen LogP) is 3.01. The Labute approximate surface area is 146 Å². The molecule has 26 heavy (non-hydrogen) atoms. The lowest BCUT2D eigenvalue weighted by atomic mass is 10.1. The van der Waals surface area contributed by atoms with E-state index in [-0.39, 0.29) is 40.8 Å². The molecule has 0 atom stereocenters. The fourth-order valence-electron chi connectivity index (χ4n) is 2.26. The molecule has 130 valence electrons. The number of anilines is 1. The van der Waals surface area contributed by atoms with Crippen LogP contribution in [0.15, 0.2) is 42.0 Å². The predicted molar refractivity (Wildman–Crippen MR) is 87.8 cm³/mol. The van der Waals surface area contributed by atoms with E-state index in [9.17, 15) is 24.6 Å². The maximum atomic E-state index is 12.9. The Balaban J connectivity index is 1.93. The number of halogens is 1. The summed E-state index contributed by atoms with van der Waals surface area (Å²) in [6, 6.07) is 9.13. The quantitative estimate of drug-likeness (QED) is 0.390. The van der Waals surface area contributed by atoms with Gasteiger partial charge in [-0.25, -0.2) is 4.39 Å². The maximum Gasteiger partial charge on any atom is 0.280 e. The van der Waals surface area contributed by atoms with E-state index in [0.29, 0.717) is 0 Å². The zero-order valence-corrected chi connectivity index (χ0v) is 13.1. The van der Waals surface area contributed by atoms with Gasteiger partial charge < -0.3 is 14.8 Å². The second kappa shape index (κ2) is 6.90. The van der Waals surface area contributed by atoms with E-state index < -0.39 is 16.6 Å². The number of nitrogens with zero attached hydrogens (tertiary/aromatic N) is 2. The molecule has 0 spiro atoms. The average molecular weight is 355 g/mol. The molecule has 9 heteroatoms. The number of nitro groups is 1. The van der Waals surface area contributed by atoms with Gasteiger partial charge in [0, 0.05) is 5.69 Å². The minimum absolute atomic E-state index is 0.0186. The van der Waals surface area contributed by atoms with E-state index in [4.69, 9.17) is 9.47 Å². The van der Waals surface area contributed by atoms with Gasteiger partial charge in [0.1, 0.15) is 17.5 Å². The van der Waals surface area contributed by atoms with Crippen LogP contribution in [-0.2, 0) is 4.79 Å². The minimum atomic E-state index is -0.786. The van der Waals surface area contributed by atoms with Gasteiger partial charge in [0.05, 0.1) is 16.6 Å². The Hall–Kier alpha value is -3.93. The van der Waals surface area contributed by atoms with Gasteiger partial charge in [-0.2, -0.15) is 5.26 Å². The van der Waals surface area contributed by atoms with Crippen molar-refractivity contribution in [3.63, 3.8) is 0 Å². The second-order valence-electron chi connectivity index (χ2n) is 5.15. The van der Waals surface area contributed by atoms with Gasteiger partial charge in [-0.15, -0.1) is 0 Å². The van der Waals surface area contributed by atoms with Crippen LogP contribution >= 0.6 is 0 Å². The number of fused-ring (bicyclic) bond motifs is 1. The van der Waals surface area contributed by atoms with Crippen LogP contribution in [0.5, 0.6) is 11.5 Å². The number of hydrogen-bond acceptors (Lipinski definition) is 6. The van der Waals surface area contributed by atoms with Crippen molar-refractivity contribution in [1.29, 1.82) is 5.26 Å². The zero-order valence-electron chi connectivity index (χ0n) is 13.1. The Morgan fingerprint density at radius 1 is 1.27 bits per heavy atom. The molecule has 1 aliphatic heterocycles. The average Bonchev–Trinajstić information content (AvgIpc) is 3.08. The summed E-state index contributed by atoms with van der Waals surface area (Å²) >= 11 is 0. The standard InChI is InChI=1S/C17H10FN3O5/c18-12-1-3-13(4-2-12)20-17(22)11(8-19)5-10-6-15-16(26-9-25-15)7-14(10)21(23)24/h1-7H,9H2,(H,20,22)/b11-5+. The summed E-state index contributed by atoms with van der Waals surface area (Å²) < 4.78 is 23.2. The first-order valence-corrected chi connectivity index (χ1v) is 7.24. The van der Waals surface area contributed by atoms with E-state index in [1.165, 1.54) is 24.3 Å². The van der Waals surface area contributed by atoms with Crippen molar-refractivity contribution >= 4 is 23.4 Å². The third-order valence-corrected chi connectivity index (χ3v) is 3.49. The molecule has 2 aromatic rings. The first kappa shape index (κ1) is 16.9. The number of hydrogen-bond donors (Lipinski definition) is 1. The molecule has 0 saturated heterocycles. The highest BCUT2D eigenvalue weighted by Gasteiger charge is 2.23. The summed E-state index contributed by atoms with van der Waals surface area (Å²) in [4.78, 5) is 22.8. The molecular formula is C17H10FN3O5. The highest BCUT2D eigenvalue weighted by atomic mass is 19.1. The largest absolute Gasteiger partial charge is 0.454 e. The number of ether oxygens (including phenoxy) is 2. The molecule has 1 amide bonds. The molecule has 2 aromatic carbocycles. The van der Waals surface area contributed by atoms with Gasteiger partial charge in [-0.3, -0.25) is 14.9 Å². The number of nitro benzene ring substituents is 1. The molecule has 0 fully saturated rings. The molecule has 0 unspecified atom stereocenters. The van der Waals surface area contributed by atoms with E-state index in [0.717, 1.165) is 18.2 Å². The first-order valence-electron chi connectivity index (χ1n) is 7.24. The van der Waals surface area contributed by atoms with Gasteiger partial charge in [0.15, 0.2) is 11.5 Å². The number of carbonyl (C=O) groups is 1. The Kier molecular flexibility index (Phi) is 4.49. The molecular weight excluding hydrogens is 345 g/mol. The van der Waals surface area contributed by atoms with Crippen LogP contribution < -0.4 is 14.8 Å². The Bertz CT molecular complexity index is 964. The zero-order chi connectivity index (χ0) is 18.7. The van der Waals surface area contributed by atoms with Crippen LogP contribution in [0.25, 0.3) is 6.08 Å². The minimum Gasteiger partial charge on any atom is -0.454 e. The summed E-state index contributed by atoms with van der Waals surface area (Å²) in [5.41, 5.74) is -0.407. The lowest BCUT2D eigenvalue weighted by Crippen LogP contribution is -2.13. The summed E-state index contributed by atoms with van der Waals surface area (Å²) in [7, 11) is 0. The second-order valence-corrected chi connectivity index (χ2v) is 5.15. The molecule has 0 radical (unpaired) electrons. The summed E-state index contributed by atoms with van der Waals surface area (Å²) in [6.45, 7) is -0.0736. The molecule has 1 heterocycles. The van der Waals surface area contributed by atoms with Gasteiger partial charge in [0.2, 0.25) is 6.79 Å². The number of amides is 1. The highest BCUT2D eigenvalue weighted by molar-refractivity contribution is 6.10. The number of carbonyl (C=O) groups excluding carboxylic acids is 1. The van der Waals surface area contributed by atoms with Crippen molar-refractivity contribution in [2.75, 3.05) is 12.1 Å². The normalized spacial score (nSPS) is 12.4. The van der Waals surface area contributed by atoms with E-state index in [1.54, 1.807) is 6.07 Å². The molecule has 3 rings (SSSR count). The lowest BCUT2D eigenvalue weighted by Gasteiger charge is -2.05. The molecule has 1 N–H and O–H groups in total. The monoisotopic (exact) mass is 355 g/mol. The van der Waals surface area contributed by atoms with Gasteiger partial charge in [0.25, 0.3) is 11.6 Å². The van der Waals surface area contributed by atoms with Gasteiger partial charge in [-0.1, -0.05) is 0 Å². The molecule has 0 aromatic heterocycles. The van der Waals surface area contributed by atoms with Crippen LogP contribution in [0, 0.1) is 27.3 Å². The van der Waals surface area contributed by atoms with Crippen LogP contribution in [0.1, 0.15) is 5.56 Å². The summed E-state index contributed by atoms with van der Waals surface area (Å²) in [6.07, 6.45) is 1.08. The molecule has 0 bridgehead atoms. The van der Waals surface area contributed by atoms with Gasteiger partial charge in [-0.05, 0) is 36.4 Å². The fraction of sp³-hybridized carbons (Fsp3) is 0.0588. The molecule has 0 saturated carbocycles. The summed E-state index contributed by atoms with van der Waals surface area (Å²) in [5.74, 6) is -0.776. The molecule has 1 aliphatic rings. The SMILES string of the molecule is N#C/C(=C\c1cc2c(cc1[N+](=O)[O-])OCO2)C(=O)Nc1ccc(F)cc1. The number of nitriles is 1. The molecule has 8 nitrogen and oxygen atoms in total. The van der Waals surface area contributed by atoms with Crippen LogP contribution in [0.2, 0.25) is 0 Å². The number of rotatable bonds is 4.